The number of fused-ring (bicyclic) bond motifs is 1. The van der Waals surface area contributed by atoms with Gasteiger partial charge in [0.05, 0.1) is 21.6 Å². The van der Waals surface area contributed by atoms with Gasteiger partial charge in [-0.15, -0.1) is 11.3 Å². The molecule has 0 spiro atoms. The van der Waals surface area contributed by atoms with Crippen molar-refractivity contribution in [3.05, 3.63) is 71.3 Å². The molecule has 4 nitrogen and oxygen atoms in total. The number of phenols is 1. The van der Waals surface area contributed by atoms with Crippen molar-refractivity contribution in [1.82, 2.24) is 4.98 Å². The molecule has 0 aliphatic heterocycles. The lowest BCUT2D eigenvalue weighted by molar-refractivity contribution is 0.474. The van der Waals surface area contributed by atoms with Crippen LogP contribution in [-0.4, -0.2) is 10.1 Å². The molecule has 5 heteroatoms. The summed E-state index contributed by atoms with van der Waals surface area (Å²) < 4.78 is 1.20. The Morgan fingerprint density at radius 2 is 1.56 bits per heavy atom. The molecular formula is C22H19N3OS. The van der Waals surface area contributed by atoms with Crippen molar-refractivity contribution in [2.24, 2.45) is 10.2 Å². The summed E-state index contributed by atoms with van der Waals surface area (Å²) in [6.45, 7) is 5.92. The van der Waals surface area contributed by atoms with Crippen LogP contribution >= 0.6 is 11.3 Å². The summed E-state index contributed by atoms with van der Waals surface area (Å²) in [6.07, 6.45) is 0. The fourth-order valence-electron chi connectivity index (χ4n) is 3.02. The highest BCUT2D eigenvalue weighted by Crippen LogP contribution is 2.33. The second kappa shape index (κ2) is 6.93. The van der Waals surface area contributed by atoms with Gasteiger partial charge in [-0.3, -0.25) is 0 Å². The lowest BCUT2D eigenvalue weighted by Crippen LogP contribution is -1.80. The predicted octanol–water partition coefficient (Wildman–Crippen LogP) is 7.01. The van der Waals surface area contributed by atoms with E-state index in [1.54, 1.807) is 23.5 Å². The third kappa shape index (κ3) is 3.59. The maximum Gasteiger partial charge on any atom is 0.124 e. The van der Waals surface area contributed by atoms with Gasteiger partial charge in [0.1, 0.15) is 10.8 Å². The molecule has 0 saturated heterocycles. The molecule has 4 aromatic rings. The average molecular weight is 373 g/mol. The molecule has 1 N–H and O–H groups in total. The lowest BCUT2D eigenvalue weighted by atomic mass is 10.1. The van der Waals surface area contributed by atoms with Crippen LogP contribution in [0.25, 0.3) is 20.8 Å². The van der Waals surface area contributed by atoms with Gasteiger partial charge < -0.3 is 5.11 Å². The van der Waals surface area contributed by atoms with Gasteiger partial charge in [-0.1, -0.05) is 6.07 Å². The Morgan fingerprint density at radius 3 is 2.26 bits per heavy atom. The smallest absolute Gasteiger partial charge is 0.124 e. The quantitative estimate of drug-likeness (QED) is 0.393. The van der Waals surface area contributed by atoms with Crippen LogP contribution in [0.15, 0.2) is 64.8 Å². The molecule has 0 atom stereocenters. The minimum Gasteiger partial charge on any atom is -0.508 e. The van der Waals surface area contributed by atoms with E-state index in [2.05, 4.69) is 35.4 Å². The Labute approximate surface area is 161 Å². The van der Waals surface area contributed by atoms with Gasteiger partial charge in [0.25, 0.3) is 0 Å². The van der Waals surface area contributed by atoms with Crippen molar-refractivity contribution in [3.63, 3.8) is 0 Å². The van der Waals surface area contributed by atoms with E-state index < -0.39 is 0 Å². The second-order valence-electron chi connectivity index (χ2n) is 6.67. The van der Waals surface area contributed by atoms with Crippen LogP contribution in [0.2, 0.25) is 0 Å². The zero-order chi connectivity index (χ0) is 19.0. The third-order valence-corrected chi connectivity index (χ3v) is 5.47. The van der Waals surface area contributed by atoms with Gasteiger partial charge >= 0.3 is 0 Å². The van der Waals surface area contributed by atoms with Crippen molar-refractivity contribution >= 4 is 32.9 Å². The number of aromatic nitrogens is 1. The zero-order valence-electron chi connectivity index (χ0n) is 15.4. The Balaban J connectivity index is 1.60. The van der Waals surface area contributed by atoms with Crippen LogP contribution in [0, 0.1) is 20.8 Å². The second-order valence-corrected chi connectivity index (χ2v) is 7.70. The topological polar surface area (TPSA) is 57.8 Å². The molecule has 0 radical (unpaired) electrons. The molecule has 0 unspecified atom stereocenters. The van der Waals surface area contributed by atoms with Gasteiger partial charge in [0.2, 0.25) is 0 Å². The molecular weight excluding hydrogens is 354 g/mol. The number of aryl methyl sites for hydroxylation is 3. The van der Waals surface area contributed by atoms with Gasteiger partial charge in [0.15, 0.2) is 0 Å². The fraction of sp³-hybridized carbons (Fsp3) is 0.136. The van der Waals surface area contributed by atoms with E-state index in [9.17, 15) is 5.11 Å². The Hall–Kier alpha value is -3.05. The Bertz CT molecular complexity index is 1140. The van der Waals surface area contributed by atoms with E-state index in [-0.39, 0.29) is 5.75 Å². The SMILES string of the molecule is Cc1ccc2nc(-c3ccc(/N=N/c4c(C)cc(O)cc4C)cc3)sc2c1. The summed E-state index contributed by atoms with van der Waals surface area (Å²) in [4.78, 5) is 4.72. The maximum atomic E-state index is 9.63. The lowest BCUT2D eigenvalue weighted by Gasteiger charge is -2.04. The normalized spacial score (nSPS) is 11.5. The minimum atomic E-state index is 0.249. The number of hydrogen-bond acceptors (Lipinski definition) is 5. The van der Waals surface area contributed by atoms with Gasteiger partial charge in [-0.25, -0.2) is 4.98 Å². The van der Waals surface area contributed by atoms with Crippen LogP contribution in [0.3, 0.4) is 0 Å². The first-order valence-corrected chi connectivity index (χ1v) is 9.51. The molecule has 27 heavy (non-hydrogen) atoms. The van der Waals surface area contributed by atoms with Crippen LogP contribution in [0.4, 0.5) is 11.4 Å². The van der Waals surface area contributed by atoms with E-state index in [4.69, 9.17) is 4.98 Å². The third-order valence-electron chi connectivity index (χ3n) is 4.40. The van der Waals surface area contributed by atoms with E-state index in [1.165, 1.54) is 10.3 Å². The van der Waals surface area contributed by atoms with E-state index in [1.807, 2.05) is 38.1 Å². The van der Waals surface area contributed by atoms with Crippen LogP contribution in [0.5, 0.6) is 5.75 Å². The Kier molecular flexibility index (Phi) is 4.46. The summed E-state index contributed by atoms with van der Waals surface area (Å²) in [5, 5.41) is 19.3. The molecule has 0 bridgehead atoms. The number of benzene rings is 3. The first kappa shape index (κ1) is 17.4. The number of azo groups is 1. The van der Waals surface area contributed by atoms with Crippen molar-refractivity contribution < 1.29 is 5.11 Å². The molecule has 3 aromatic carbocycles. The molecule has 0 aliphatic carbocycles. The highest BCUT2D eigenvalue weighted by molar-refractivity contribution is 7.21. The van der Waals surface area contributed by atoms with Crippen LogP contribution < -0.4 is 0 Å². The van der Waals surface area contributed by atoms with Crippen LogP contribution in [0.1, 0.15) is 16.7 Å². The predicted molar refractivity (Wildman–Crippen MR) is 112 cm³/mol. The van der Waals surface area contributed by atoms with E-state index in [0.717, 1.165) is 38.6 Å². The molecule has 0 saturated carbocycles. The summed E-state index contributed by atoms with van der Waals surface area (Å²) in [5.41, 5.74) is 6.72. The first-order valence-electron chi connectivity index (χ1n) is 8.69. The van der Waals surface area contributed by atoms with Crippen LogP contribution in [-0.2, 0) is 0 Å². The summed E-state index contributed by atoms with van der Waals surface area (Å²) in [7, 11) is 0. The van der Waals surface area contributed by atoms with E-state index in [0.29, 0.717) is 0 Å². The summed E-state index contributed by atoms with van der Waals surface area (Å²) in [6, 6.07) is 17.6. The molecule has 0 amide bonds. The Morgan fingerprint density at radius 1 is 0.852 bits per heavy atom. The largest absolute Gasteiger partial charge is 0.508 e. The number of thiazole rings is 1. The van der Waals surface area contributed by atoms with Crippen molar-refractivity contribution in [2.45, 2.75) is 20.8 Å². The number of nitrogens with zero attached hydrogens (tertiary/aromatic N) is 3. The number of phenolic OH excluding ortho intramolecular Hbond substituents is 1. The highest BCUT2D eigenvalue weighted by Gasteiger charge is 2.07. The van der Waals surface area contributed by atoms with E-state index >= 15 is 0 Å². The summed E-state index contributed by atoms with van der Waals surface area (Å²) in [5.74, 6) is 0.249. The molecule has 134 valence electrons. The first-order chi connectivity index (χ1) is 13.0. The molecule has 1 heterocycles. The fourth-order valence-corrected chi connectivity index (χ4v) is 4.09. The molecule has 1 aromatic heterocycles. The van der Waals surface area contributed by atoms with Gasteiger partial charge in [-0.05, 0) is 86.0 Å². The molecule has 0 fully saturated rings. The van der Waals surface area contributed by atoms with Crippen molar-refractivity contribution in [1.29, 1.82) is 0 Å². The van der Waals surface area contributed by atoms with Gasteiger partial charge in [0, 0.05) is 5.56 Å². The monoisotopic (exact) mass is 373 g/mol. The number of aromatic hydroxyl groups is 1. The zero-order valence-corrected chi connectivity index (χ0v) is 16.2. The van der Waals surface area contributed by atoms with Crippen molar-refractivity contribution in [2.75, 3.05) is 0 Å². The number of rotatable bonds is 3. The summed E-state index contributed by atoms with van der Waals surface area (Å²) >= 11 is 1.70. The maximum absolute atomic E-state index is 9.63. The van der Waals surface area contributed by atoms with Crippen molar-refractivity contribution in [3.8, 4) is 16.3 Å². The highest BCUT2D eigenvalue weighted by atomic mass is 32.1. The molecule has 4 rings (SSSR count). The van der Waals surface area contributed by atoms with Gasteiger partial charge in [-0.2, -0.15) is 10.2 Å². The standard InChI is InChI=1S/C22H19N3OS/c1-13-4-9-19-20(10-13)27-22(23-19)16-5-7-17(8-6-16)24-25-21-14(2)11-18(26)12-15(21)3/h4-12,26H,1-3H3/b25-24+. The minimum absolute atomic E-state index is 0.249. The molecule has 0 aliphatic rings. The number of hydrogen-bond donors (Lipinski definition) is 1. The average Bonchev–Trinajstić information content (AvgIpc) is 3.04.